The second-order valence-corrected chi connectivity index (χ2v) is 9.98. The number of amides is 1. The lowest BCUT2D eigenvalue weighted by atomic mass is 9.89. The highest BCUT2D eigenvalue weighted by molar-refractivity contribution is 6.05. The summed E-state index contributed by atoms with van der Waals surface area (Å²) in [6, 6.07) is 6.16. The molecule has 6 rings (SSSR count). The van der Waals surface area contributed by atoms with Gasteiger partial charge in [0.2, 0.25) is 0 Å². The van der Waals surface area contributed by atoms with Gasteiger partial charge in [0, 0.05) is 30.9 Å². The largest absolute Gasteiger partial charge is 0.381 e. The zero-order valence-electron chi connectivity index (χ0n) is 20.1. The van der Waals surface area contributed by atoms with E-state index in [0.29, 0.717) is 11.7 Å². The van der Waals surface area contributed by atoms with E-state index in [9.17, 15) is 4.79 Å². The summed E-state index contributed by atoms with van der Waals surface area (Å²) < 4.78 is 5.56. The van der Waals surface area contributed by atoms with Gasteiger partial charge in [-0.05, 0) is 56.6 Å². The standard InChI is InChI=1S/C26H31N7O2/c1-17-14-19(22-28-16-29-32-22)4-5-20(17)21-15-27-23-24(30-21)33(11-6-18-7-12-35-13-8-18)26(25(34)31-23)9-2-3-10-26/h4-5,14-16,18H,2-3,6-13H2,1H3,(H,27,31,34)(H,28,29,32). The number of aromatic amines is 1. The van der Waals surface area contributed by atoms with E-state index in [1.54, 1.807) is 6.20 Å². The van der Waals surface area contributed by atoms with Crippen molar-refractivity contribution in [3.05, 3.63) is 36.3 Å². The number of ether oxygens (including phenoxy) is 1. The van der Waals surface area contributed by atoms with Crippen molar-refractivity contribution in [2.45, 2.75) is 57.4 Å². The topological polar surface area (TPSA) is 109 Å². The van der Waals surface area contributed by atoms with E-state index in [1.165, 1.54) is 6.33 Å². The van der Waals surface area contributed by atoms with Crippen molar-refractivity contribution >= 4 is 17.5 Å². The molecule has 1 saturated carbocycles. The number of hydrogen-bond donors (Lipinski definition) is 2. The molecule has 4 heterocycles. The molecule has 3 aliphatic rings. The fourth-order valence-corrected chi connectivity index (χ4v) is 5.90. The predicted octanol–water partition coefficient (Wildman–Crippen LogP) is 4.13. The molecule has 0 radical (unpaired) electrons. The molecule has 0 atom stereocenters. The van der Waals surface area contributed by atoms with Gasteiger partial charge in [-0.2, -0.15) is 5.10 Å². The van der Waals surface area contributed by atoms with Crippen molar-refractivity contribution in [2.75, 3.05) is 30.0 Å². The Morgan fingerprint density at radius 1 is 1.17 bits per heavy atom. The van der Waals surface area contributed by atoms with Gasteiger partial charge in [-0.1, -0.05) is 25.0 Å². The number of rotatable bonds is 5. The van der Waals surface area contributed by atoms with Crippen LogP contribution in [0.15, 0.2) is 30.7 Å². The van der Waals surface area contributed by atoms with E-state index in [4.69, 9.17) is 9.72 Å². The molecular formula is C26H31N7O2. The fraction of sp³-hybridized carbons (Fsp3) is 0.500. The third-order valence-electron chi connectivity index (χ3n) is 7.90. The average molecular weight is 474 g/mol. The number of nitrogens with one attached hydrogen (secondary N) is 2. The Balaban J connectivity index is 1.36. The molecule has 35 heavy (non-hydrogen) atoms. The van der Waals surface area contributed by atoms with Crippen LogP contribution in [0.2, 0.25) is 0 Å². The number of H-pyrrole nitrogens is 1. The van der Waals surface area contributed by atoms with Crippen molar-refractivity contribution in [3.63, 3.8) is 0 Å². The van der Waals surface area contributed by atoms with E-state index in [0.717, 1.165) is 98.7 Å². The molecule has 9 heteroatoms. The fourth-order valence-electron chi connectivity index (χ4n) is 5.90. The number of benzene rings is 1. The van der Waals surface area contributed by atoms with Crippen LogP contribution >= 0.6 is 0 Å². The van der Waals surface area contributed by atoms with Gasteiger partial charge in [0.25, 0.3) is 5.91 Å². The molecule has 2 fully saturated rings. The molecule has 182 valence electrons. The van der Waals surface area contributed by atoms with Crippen molar-refractivity contribution in [1.29, 1.82) is 0 Å². The number of aryl methyl sites for hydroxylation is 1. The van der Waals surface area contributed by atoms with E-state index in [1.807, 2.05) is 6.07 Å². The minimum absolute atomic E-state index is 0.0733. The first-order chi connectivity index (χ1) is 17.1. The SMILES string of the molecule is Cc1cc(-c2ncn[nH]2)ccc1-c1cnc2c(n1)N(CCC1CCOCC1)C1(CCCC1)C(=O)N2. The van der Waals surface area contributed by atoms with Gasteiger partial charge in [-0.25, -0.2) is 15.0 Å². The van der Waals surface area contributed by atoms with Gasteiger partial charge in [0.15, 0.2) is 17.5 Å². The van der Waals surface area contributed by atoms with Gasteiger partial charge in [0.05, 0.1) is 11.9 Å². The zero-order valence-corrected chi connectivity index (χ0v) is 20.1. The summed E-state index contributed by atoms with van der Waals surface area (Å²) in [5, 5.41) is 9.96. The molecular weight excluding hydrogens is 442 g/mol. The quantitative estimate of drug-likeness (QED) is 0.574. The lowest BCUT2D eigenvalue weighted by molar-refractivity contribution is -0.121. The lowest BCUT2D eigenvalue weighted by Gasteiger charge is -2.45. The minimum atomic E-state index is -0.517. The summed E-state index contributed by atoms with van der Waals surface area (Å²) in [7, 11) is 0. The highest BCUT2D eigenvalue weighted by Crippen LogP contribution is 2.45. The molecule has 9 nitrogen and oxygen atoms in total. The van der Waals surface area contributed by atoms with E-state index >= 15 is 0 Å². The van der Waals surface area contributed by atoms with Gasteiger partial charge >= 0.3 is 0 Å². The minimum Gasteiger partial charge on any atom is -0.381 e. The van der Waals surface area contributed by atoms with Crippen LogP contribution in [0.3, 0.4) is 0 Å². The number of carbonyl (C=O) groups is 1. The lowest BCUT2D eigenvalue weighted by Crippen LogP contribution is -2.59. The first-order valence-corrected chi connectivity index (χ1v) is 12.6. The monoisotopic (exact) mass is 473 g/mol. The second-order valence-electron chi connectivity index (χ2n) is 9.98. The van der Waals surface area contributed by atoms with Crippen LogP contribution in [0.5, 0.6) is 0 Å². The van der Waals surface area contributed by atoms with Crippen LogP contribution < -0.4 is 10.2 Å². The molecule has 2 N–H and O–H groups in total. The molecule has 0 unspecified atom stereocenters. The van der Waals surface area contributed by atoms with Crippen LogP contribution in [0.1, 0.15) is 50.5 Å². The Morgan fingerprint density at radius 2 is 2.00 bits per heavy atom. The summed E-state index contributed by atoms with van der Waals surface area (Å²) in [5.74, 6) is 2.80. The zero-order chi connectivity index (χ0) is 23.8. The van der Waals surface area contributed by atoms with Crippen molar-refractivity contribution in [2.24, 2.45) is 5.92 Å². The Bertz CT molecular complexity index is 1210. The van der Waals surface area contributed by atoms with Crippen LogP contribution in [0.25, 0.3) is 22.6 Å². The van der Waals surface area contributed by atoms with Gasteiger partial charge in [-0.15, -0.1) is 0 Å². The number of nitrogens with zero attached hydrogens (tertiary/aromatic N) is 5. The Hall–Kier alpha value is -3.33. The van der Waals surface area contributed by atoms with Crippen molar-refractivity contribution < 1.29 is 9.53 Å². The molecule has 2 aromatic heterocycles. The summed E-state index contributed by atoms with van der Waals surface area (Å²) in [5.41, 5.74) is 3.37. The summed E-state index contributed by atoms with van der Waals surface area (Å²) >= 11 is 0. The van der Waals surface area contributed by atoms with Crippen LogP contribution in [0, 0.1) is 12.8 Å². The van der Waals surface area contributed by atoms with Gasteiger partial charge in [0.1, 0.15) is 11.9 Å². The molecule has 2 aliphatic heterocycles. The third kappa shape index (κ3) is 3.97. The van der Waals surface area contributed by atoms with E-state index in [-0.39, 0.29) is 5.91 Å². The Kier molecular flexibility index (Phi) is 5.72. The maximum Gasteiger partial charge on any atom is 0.251 e. The second kappa shape index (κ2) is 9.03. The maximum atomic E-state index is 13.3. The molecule has 3 aromatic rings. The number of hydrogen-bond acceptors (Lipinski definition) is 7. The van der Waals surface area contributed by atoms with Crippen molar-refractivity contribution in [3.8, 4) is 22.6 Å². The Morgan fingerprint density at radius 3 is 2.74 bits per heavy atom. The van der Waals surface area contributed by atoms with Gasteiger partial charge < -0.3 is 15.0 Å². The molecule has 1 aromatic carbocycles. The van der Waals surface area contributed by atoms with Crippen LogP contribution in [-0.4, -0.2) is 56.4 Å². The highest BCUT2D eigenvalue weighted by Gasteiger charge is 2.50. The summed E-state index contributed by atoms with van der Waals surface area (Å²) in [4.78, 5) is 29.7. The van der Waals surface area contributed by atoms with Gasteiger partial charge in [-0.3, -0.25) is 9.89 Å². The number of anilines is 2. The number of carbonyl (C=O) groups excluding carboxylic acids is 1. The molecule has 1 aliphatic carbocycles. The highest BCUT2D eigenvalue weighted by atomic mass is 16.5. The Labute approximate surface area is 204 Å². The predicted molar refractivity (Wildman–Crippen MR) is 133 cm³/mol. The van der Waals surface area contributed by atoms with E-state index < -0.39 is 5.54 Å². The summed E-state index contributed by atoms with van der Waals surface area (Å²) in [6.07, 6.45) is 10.3. The average Bonchev–Trinajstić information content (AvgIpc) is 3.59. The number of aromatic nitrogens is 5. The van der Waals surface area contributed by atoms with E-state index in [2.05, 4.69) is 49.4 Å². The third-order valence-corrected chi connectivity index (χ3v) is 7.90. The van der Waals surface area contributed by atoms with Crippen LogP contribution in [0.4, 0.5) is 11.6 Å². The first-order valence-electron chi connectivity index (χ1n) is 12.6. The molecule has 1 spiro atoms. The molecule has 1 amide bonds. The maximum absolute atomic E-state index is 13.3. The molecule has 0 bridgehead atoms. The first kappa shape index (κ1) is 22.2. The normalized spacial score (nSPS) is 19.7. The number of fused-ring (bicyclic) bond motifs is 1. The summed E-state index contributed by atoms with van der Waals surface area (Å²) in [6.45, 7) is 4.55. The molecule has 1 saturated heterocycles. The van der Waals surface area contributed by atoms with Crippen LogP contribution in [-0.2, 0) is 9.53 Å². The smallest absolute Gasteiger partial charge is 0.251 e. The van der Waals surface area contributed by atoms with Crippen molar-refractivity contribution in [1.82, 2.24) is 25.1 Å².